The third-order valence-corrected chi connectivity index (χ3v) is 8.31. The van der Waals surface area contributed by atoms with Gasteiger partial charge in [-0.1, -0.05) is 67.1 Å². The second-order valence-corrected chi connectivity index (χ2v) is 12.1. The third-order valence-electron chi connectivity index (χ3n) is 6.53. The number of hydrogen-bond donors (Lipinski definition) is 1. The van der Waals surface area contributed by atoms with E-state index >= 15 is 0 Å². The van der Waals surface area contributed by atoms with E-state index < -0.39 is 28.5 Å². The highest BCUT2D eigenvalue weighted by Crippen LogP contribution is 2.29. The molecule has 39 heavy (non-hydrogen) atoms. The summed E-state index contributed by atoms with van der Waals surface area (Å²) >= 11 is 0. The lowest BCUT2D eigenvalue weighted by Crippen LogP contribution is -2.53. The molecule has 0 aliphatic carbocycles. The zero-order valence-electron chi connectivity index (χ0n) is 23.6. The highest BCUT2D eigenvalue weighted by Gasteiger charge is 2.34. The number of sulfonamides is 1. The van der Waals surface area contributed by atoms with Gasteiger partial charge in [0, 0.05) is 12.6 Å². The molecule has 0 heterocycles. The number of nitrogens with one attached hydrogen (secondary N) is 1. The lowest BCUT2D eigenvalue weighted by atomic mass is 10.1. The summed E-state index contributed by atoms with van der Waals surface area (Å²) < 4.78 is 29.2. The normalized spacial score (nSPS) is 12.2. The van der Waals surface area contributed by atoms with Crippen LogP contribution in [0.3, 0.4) is 0 Å². The standard InChI is InChI=1S/C31H39N3O4S/c1-7-28(31(36)32-22(2)3)33(20-26-11-9-8-10-12-26)30(35)21-34(29-19-24(5)13-16-25(29)6)39(37,38)27-17-14-23(4)15-18-27/h8-19,22,28H,7,20-21H2,1-6H3,(H,32,36). The van der Waals surface area contributed by atoms with Gasteiger partial charge in [0.1, 0.15) is 12.6 Å². The minimum absolute atomic E-state index is 0.0982. The first-order valence-corrected chi connectivity index (χ1v) is 14.7. The summed E-state index contributed by atoms with van der Waals surface area (Å²) in [6.45, 7) is 10.9. The number of carbonyl (C=O) groups is 2. The first-order chi connectivity index (χ1) is 18.4. The molecule has 3 rings (SSSR count). The van der Waals surface area contributed by atoms with Crippen LogP contribution in [0.4, 0.5) is 5.69 Å². The Labute approximate surface area is 232 Å². The van der Waals surface area contributed by atoms with Crippen LogP contribution in [0.2, 0.25) is 0 Å². The molecule has 0 aliphatic rings. The van der Waals surface area contributed by atoms with Crippen LogP contribution in [0.1, 0.15) is 49.4 Å². The molecule has 0 bridgehead atoms. The molecular weight excluding hydrogens is 510 g/mol. The Hall–Kier alpha value is -3.65. The van der Waals surface area contributed by atoms with E-state index in [1.54, 1.807) is 30.3 Å². The van der Waals surface area contributed by atoms with Crippen molar-refractivity contribution in [3.63, 3.8) is 0 Å². The van der Waals surface area contributed by atoms with Gasteiger partial charge in [0.2, 0.25) is 11.8 Å². The molecule has 0 radical (unpaired) electrons. The molecule has 0 saturated heterocycles. The fourth-order valence-corrected chi connectivity index (χ4v) is 5.89. The van der Waals surface area contributed by atoms with Crippen LogP contribution in [0, 0.1) is 20.8 Å². The van der Waals surface area contributed by atoms with Gasteiger partial charge in [-0.3, -0.25) is 13.9 Å². The molecule has 8 heteroatoms. The van der Waals surface area contributed by atoms with Crippen LogP contribution in [0.15, 0.2) is 77.7 Å². The molecule has 0 fully saturated rings. The Morgan fingerprint density at radius 3 is 2.08 bits per heavy atom. The second kappa shape index (κ2) is 12.9. The topological polar surface area (TPSA) is 86.8 Å². The highest BCUT2D eigenvalue weighted by molar-refractivity contribution is 7.92. The third kappa shape index (κ3) is 7.47. The van der Waals surface area contributed by atoms with Crippen LogP contribution in [-0.4, -0.2) is 43.8 Å². The van der Waals surface area contributed by atoms with Gasteiger partial charge in [-0.2, -0.15) is 0 Å². The fourth-order valence-electron chi connectivity index (χ4n) is 4.42. The average Bonchev–Trinajstić information content (AvgIpc) is 2.89. The van der Waals surface area contributed by atoms with Gasteiger partial charge in [-0.05, 0) is 75.9 Å². The smallest absolute Gasteiger partial charge is 0.264 e. The van der Waals surface area contributed by atoms with Gasteiger partial charge in [0.25, 0.3) is 10.0 Å². The first-order valence-electron chi connectivity index (χ1n) is 13.2. The van der Waals surface area contributed by atoms with E-state index in [0.717, 1.165) is 22.3 Å². The molecular formula is C31H39N3O4S. The summed E-state index contributed by atoms with van der Waals surface area (Å²) in [6.07, 6.45) is 0.380. The number of nitrogens with zero attached hydrogens (tertiary/aromatic N) is 2. The van der Waals surface area contributed by atoms with Crippen LogP contribution < -0.4 is 9.62 Å². The summed E-state index contributed by atoms with van der Waals surface area (Å²) in [5.74, 6) is -0.724. The highest BCUT2D eigenvalue weighted by atomic mass is 32.2. The summed E-state index contributed by atoms with van der Waals surface area (Å²) in [7, 11) is -4.10. The van der Waals surface area contributed by atoms with E-state index in [4.69, 9.17) is 0 Å². The van der Waals surface area contributed by atoms with Crippen molar-refractivity contribution in [1.29, 1.82) is 0 Å². The maximum Gasteiger partial charge on any atom is 0.264 e. The maximum absolute atomic E-state index is 14.1. The Balaban J connectivity index is 2.09. The summed E-state index contributed by atoms with van der Waals surface area (Å²) in [4.78, 5) is 28.9. The predicted molar refractivity (Wildman–Crippen MR) is 156 cm³/mol. The van der Waals surface area contributed by atoms with Crippen LogP contribution in [-0.2, 0) is 26.2 Å². The van der Waals surface area contributed by atoms with Crippen molar-refractivity contribution in [2.45, 2.75) is 71.5 Å². The molecule has 0 saturated carbocycles. The van der Waals surface area contributed by atoms with E-state index in [2.05, 4.69) is 5.32 Å². The molecule has 0 aliphatic heterocycles. The van der Waals surface area contributed by atoms with Crippen molar-refractivity contribution in [1.82, 2.24) is 10.2 Å². The van der Waals surface area contributed by atoms with E-state index in [1.165, 1.54) is 9.21 Å². The Bertz CT molecular complexity index is 1390. The van der Waals surface area contributed by atoms with Crippen molar-refractivity contribution < 1.29 is 18.0 Å². The van der Waals surface area contributed by atoms with Crippen molar-refractivity contribution in [2.24, 2.45) is 0 Å². The zero-order valence-corrected chi connectivity index (χ0v) is 24.5. The SMILES string of the molecule is CCC(C(=O)NC(C)C)N(Cc1ccccc1)C(=O)CN(c1cc(C)ccc1C)S(=O)(=O)c1ccc(C)cc1. The molecule has 2 amide bonds. The van der Waals surface area contributed by atoms with Gasteiger partial charge in [0.15, 0.2) is 0 Å². The van der Waals surface area contributed by atoms with Gasteiger partial charge in [-0.15, -0.1) is 0 Å². The van der Waals surface area contributed by atoms with Gasteiger partial charge in [-0.25, -0.2) is 8.42 Å². The molecule has 7 nitrogen and oxygen atoms in total. The van der Waals surface area contributed by atoms with E-state index in [0.29, 0.717) is 12.1 Å². The molecule has 208 valence electrons. The minimum atomic E-state index is -4.10. The number of hydrogen-bond acceptors (Lipinski definition) is 4. The first kappa shape index (κ1) is 29.9. The Kier molecular flexibility index (Phi) is 9.92. The van der Waals surface area contributed by atoms with Gasteiger partial charge in [0.05, 0.1) is 10.6 Å². The number of aryl methyl sites for hydroxylation is 3. The Morgan fingerprint density at radius 2 is 1.49 bits per heavy atom. The van der Waals surface area contributed by atoms with Crippen molar-refractivity contribution >= 4 is 27.5 Å². The lowest BCUT2D eigenvalue weighted by Gasteiger charge is -2.34. The molecule has 1 atom stereocenters. The number of anilines is 1. The van der Waals surface area contributed by atoms with E-state index in [1.807, 2.05) is 84.0 Å². The number of amides is 2. The number of benzene rings is 3. The van der Waals surface area contributed by atoms with E-state index in [-0.39, 0.29) is 23.4 Å². The van der Waals surface area contributed by atoms with Crippen molar-refractivity contribution in [3.8, 4) is 0 Å². The summed E-state index contributed by atoms with van der Waals surface area (Å²) in [6, 6.07) is 20.7. The van der Waals surface area contributed by atoms with Crippen LogP contribution in [0.25, 0.3) is 0 Å². The summed E-state index contributed by atoms with van der Waals surface area (Å²) in [5.41, 5.74) is 3.81. The van der Waals surface area contributed by atoms with Gasteiger partial charge >= 0.3 is 0 Å². The second-order valence-electron chi connectivity index (χ2n) is 10.2. The molecule has 0 spiro atoms. The minimum Gasteiger partial charge on any atom is -0.352 e. The lowest BCUT2D eigenvalue weighted by molar-refractivity contribution is -0.140. The quantitative estimate of drug-likeness (QED) is 0.359. The van der Waals surface area contributed by atoms with E-state index in [9.17, 15) is 18.0 Å². The maximum atomic E-state index is 14.1. The van der Waals surface area contributed by atoms with Crippen LogP contribution in [0.5, 0.6) is 0 Å². The van der Waals surface area contributed by atoms with Gasteiger partial charge < -0.3 is 10.2 Å². The molecule has 3 aromatic carbocycles. The summed E-state index contributed by atoms with van der Waals surface area (Å²) in [5, 5.41) is 2.91. The average molecular weight is 550 g/mol. The zero-order chi connectivity index (χ0) is 28.7. The number of rotatable bonds is 11. The fraction of sp³-hybridized carbons (Fsp3) is 0.355. The monoisotopic (exact) mass is 549 g/mol. The number of carbonyl (C=O) groups excluding carboxylic acids is 2. The van der Waals surface area contributed by atoms with Crippen molar-refractivity contribution in [3.05, 3.63) is 95.1 Å². The molecule has 0 aromatic heterocycles. The molecule has 3 aromatic rings. The van der Waals surface area contributed by atoms with Crippen molar-refractivity contribution in [2.75, 3.05) is 10.8 Å². The molecule has 1 N–H and O–H groups in total. The molecule has 1 unspecified atom stereocenters. The largest absolute Gasteiger partial charge is 0.352 e. The van der Waals surface area contributed by atoms with Crippen LogP contribution >= 0.6 is 0 Å². The Morgan fingerprint density at radius 1 is 0.872 bits per heavy atom. The predicted octanol–water partition coefficient (Wildman–Crippen LogP) is 5.14.